The first-order valence-electron chi connectivity index (χ1n) is 4.46. The van der Waals surface area contributed by atoms with Crippen LogP contribution in [0.3, 0.4) is 0 Å². The fourth-order valence-corrected chi connectivity index (χ4v) is 2.43. The van der Waals surface area contributed by atoms with Crippen molar-refractivity contribution in [2.75, 3.05) is 19.8 Å². The van der Waals surface area contributed by atoms with E-state index in [1.807, 2.05) is 6.92 Å². The van der Waals surface area contributed by atoms with Crippen LogP contribution in [0.15, 0.2) is 10.5 Å². The molecule has 1 amide bonds. The van der Waals surface area contributed by atoms with Gasteiger partial charge in [0.05, 0.1) is 6.61 Å². The maximum atomic E-state index is 12.8. The minimum atomic E-state index is -0.378. The summed E-state index contributed by atoms with van der Waals surface area (Å²) in [5.74, 6) is -0.282. The van der Waals surface area contributed by atoms with Gasteiger partial charge in [-0.3, -0.25) is 4.79 Å². The maximum Gasteiger partial charge on any atom is 0.262 e. The number of amides is 1. The molecule has 1 aromatic rings. The van der Waals surface area contributed by atoms with Crippen molar-refractivity contribution in [3.05, 3.63) is 20.5 Å². The van der Waals surface area contributed by atoms with E-state index in [1.54, 1.807) is 0 Å². The molecule has 0 radical (unpaired) electrons. The highest BCUT2D eigenvalue weighted by atomic mass is 79.9. The van der Waals surface area contributed by atoms with Gasteiger partial charge in [-0.2, -0.15) is 4.39 Å². The molecule has 6 heteroatoms. The number of nitrogens with one attached hydrogen (secondary N) is 1. The molecule has 0 aliphatic heterocycles. The average molecular weight is 296 g/mol. The van der Waals surface area contributed by atoms with Crippen molar-refractivity contribution in [2.24, 2.45) is 0 Å². The van der Waals surface area contributed by atoms with E-state index in [2.05, 4.69) is 21.2 Å². The van der Waals surface area contributed by atoms with Gasteiger partial charge < -0.3 is 10.1 Å². The molecule has 15 heavy (non-hydrogen) atoms. The molecule has 0 spiro atoms. The predicted molar refractivity (Wildman–Crippen MR) is 60.8 cm³/mol. The Labute approximate surface area is 99.8 Å². The third-order valence-electron chi connectivity index (χ3n) is 1.60. The van der Waals surface area contributed by atoms with Crippen LogP contribution in [0, 0.1) is 5.13 Å². The lowest BCUT2D eigenvalue weighted by Gasteiger charge is -2.03. The van der Waals surface area contributed by atoms with Gasteiger partial charge in [-0.05, 0) is 22.9 Å². The van der Waals surface area contributed by atoms with Crippen molar-refractivity contribution in [3.8, 4) is 0 Å². The molecule has 0 aliphatic rings. The Morgan fingerprint density at radius 2 is 2.47 bits per heavy atom. The Morgan fingerprint density at radius 1 is 1.73 bits per heavy atom. The summed E-state index contributed by atoms with van der Waals surface area (Å²) in [6.45, 7) is 3.40. The minimum absolute atomic E-state index is 0.282. The summed E-state index contributed by atoms with van der Waals surface area (Å²) >= 11 is 3.94. The number of thiophene rings is 1. The van der Waals surface area contributed by atoms with E-state index < -0.39 is 0 Å². The highest BCUT2D eigenvalue weighted by Crippen LogP contribution is 2.25. The summed E-state index contributed by atoms with van der Waals surface area (Å²) in [6.07, 6.45) is 0. The SMILES string of the molecule is CCOCCNC(=O)c1sc(F)cc1Br. The van der Waals surface area contributed by atoms with Crippen LogP contribution in [0.5, 0.6) is 0 Å². The molecular formula is C9H11BrFNO2S. The number of rotatable bonds is 5. The van der Waals surface area contributed by atoms with Crippen molar-refractivity contribution in [2.45, 2.75) is 6.92 Å². The van der Waals surface area contributed by atoms with Gasteiger partial charge in [0.1, 0.15) is 4.88 Å². The van der Waals surface area contributed by atoms with Crippen LogP contribution in [-0.2, 0) is 4.74 Å². The van der Waals surface area contributed by atoms with Crippen LogP contribution in [-0.4, -0.2) is 25.7 Å². The quantitative estimate of drug-likeness (QED) is 0.847. The Bertz CT molecular complexity index is 343. The van der Waals surface area contributed by atoms with Crippen LogP contribution in [0.25, 0.3) is 0 Å². The zero-order chi connectivity index (χ0) is 11.3. The van der Waals surface area contributed by atoms with E-state index in [1.165, 1.54) is 6.07 Å². The lowest BCUT2D eigenvalue weighted by molar-refractivity contribution is 0.0926. The van der Waals surface area contributed by atoms with Crippen LogP contribution < -0.4 is 5.32 Å². The molecule has 0 saturated carbocycles. The Balaban J connectivity index is 2.43. The molecule has 0 saturated heterocycles. The third-order valence-corrected chi connectivity index (χ3v) is 3.41. The Hall–Kier alpha value is -0.460. The van der Waals surface area contributed by atoms with Gasteiger partial charge in [-0.25, -0.2) is 0 Å². The van der Waals surface area contributed by atoms with Crippen molar-refractivity contribution in [1.29, 1.82) is 0 Å². The number of halogens is 2. The van der Waals surface area contributed by atoms with Gasteiger partial charge >= 0.3 is 0 Å². The molecule has 0 atom stereocenters. The Kier molecular flexibility index (Phi) is 5.21. The third kappa shape index (κ3) is 3.89. The zero-order valence-electron chi connectivity index (χ0n) is 8.18. The van der Waals surface area contributed by atoms with Gasteiger partial charge in [0.2, 0.25) is 0 Å². The van der Waals surface area contributed by atoms with E-state index in [4.69, 9.17) is 4.74 Å². The van der Waals surface area contributed by atoms with E-state index >= 15 is 0 Å². The normalized spacial score (nSPS) is 10.3. The van der Waals surface area contributed by atoms with Crippen molar-refractivity contribution in [3.63, 3.8) is 0 Å². The van der Waals surface area contributed by atoms with Crippen molar-refractivity contribution < 1.29 is 13.9 Å². The van der Waals surface area contributed by atoms with Crippen LogP contribution in [0.1, 0.15) is 16.6 Å². The van der Waals surface area contributed by atoms with Crippen LogP contribution in [0.2, 0.25) is 0 Å². The Morgan fingerprint density at radius 3 is 3.00 bits per heavy atom. The number of carbonyl (C=O) groups excluding carboxylic acids is 1. The summed E-state index contributed by atoms with van der Waals surface area (Å²) < 4.78 is 18.3. The van der Waals surface area contributed by atoms with Gasteiger partial charge in [-0.15, -0.1) is 0 Å². The van der Waals surface area contributed by atoms with Crippen LogP contribution >= 0.6 is 27.3 Å². The molecule has 0 aromatic carbocycles. The summed E-state index contributed by atoms with van der Waals surface area (Å²) in [5, 5.41) is 2.26. The molecule has 0 fully saturated rings. The van der Waals surface area contributed by atoms with Crippen LogP contribution in [0.4, 0.5) is 4.39 Å². The largest absolute Gasteiger partial charge is 0.380 e. The fourth-order valence-electron chi connectivity index (χ4n) is 0.957. The molecule has 0 aliphatic carbocycles. The second-order valence-electron chi connectivity index (χ2n) is 2.68. The summed E-state index contributed by atoms with van der Waals surface area (Å²) in [5.41, 5.74) is 0. The molecule has 1 heterocycles. The fraction of sp³-hybridized carbons (Fsp3) is 0.444. The second kappa shape index (κ2) is 6.19. The van der Waals surface area contributed by atoms with E-state index in [0.29, 0.717) is 29.1 Å². The molecule has 1 aromatic heterocycles. The number of ether oxygens (including phenoxy) is 1. The smallest absolute Gasteiger partial charge is 0.262 e. The van der Waals surface area contributed by atoms with E-state index in [-0.39, 0.29) is 11.0 Å². The molecule has 1 rings (SSSR count). The second-order valence-corrected chi connectivity index (χ2v) is 4.54. The topological polar surface area (TPSA) is 38.3 Å². The number of hydrogen-bond donors (Lipinski definition) is 1. The average Bonchev–Trinajstić information content (AvgIpc) is 2.52. The zero-order valence-corrected chi connectivity index (χ0v) is 10.6. The lowest BCUT2D eigenvalue weighted by atomic mass is 10.4. The first kappa shape index (κ1) is 12.6. The molecule has 0 unspecified atom stereocenters. The highest BCUT2D eigenvalue weighted by molar-refractivity contribution is 9.10. The molecule has 0 bridgehead atoms. The number of hydrogen-bond acceptors (Lipinski definition) is 3. The molecule has 84 valence electrons. The first-order valence-corrected chi connectivity index (χ1v) is 6.07. The highest BCUT2D eigenvalue weighted by Gasteiger charge is 2.13. The predicted octanol–water partition coefficient (Wildman–Crippen LogP) is 2.42. The summed E-state index contributed by atoms with van der Waals surface area (Å²) in [4.78, 5) is 11.8. The molecule has 1 N–H and O–H groups in total. The van der Waals surface area contributed by atoms with Crippen molar-refractivity contribution in [1.82, 2.24) is 5.32 Å². The van der Waals surface area contributed by atoms with E-state index in [9.17, 15) is 9.18 Å². The van der Waals surface area contributed by atoms with Crippen molar-refractivity contribution >= 4 is 33.2 Å². The van der Waals surface area contributed by atoms with Gasteiger partial charge in [0.25, 0.3) is 5.91 Å². The van der Waals surface area contributed by atoms with Gasteiger partial charge in [-0.1, -0.05) is 11.3 Å². The van der Waals surface area contributed by atoms with E-state index in [0.717, 1.165) is 11.3 Å². The first-order chi connectivity index (χ1) is 7.15. The van der Waals surface area contributed by atoms with Gasteiger partial charge in [0, 0.05) is 23.7 Å². The maximum absolute atomic E-state index is 12.8. The molecular weight excluding hydrogens is 285 g/mol. The van der Waals surface area contributed by atoms with Gasteiger partial charge in [0.15, 0.2) is 5.13 Å². The molecule has 3 nitrogen and oxygen atoms in total. The monoisotopic (exact) mass is 295 g/mol. The summed E-state index contributed by atoms with van der Waals surface area (Å²) in [6, 6.07) is 1.28. The number of carbonyl (C=O) groups is 1. The summed E-state index contributed by atoms with van der Waals surface area (Å²) in [7, 11) is 0. The minimum Gasteiger partial charge on any atom is -0.380 e. The standard InChI is InChI=1S/C9H11BrFNO2S/c1-2-14-4-3-12-9(13)8-6(10)5-7(11)15-8/h5H,2-4H2,1H3,(H,12,13). The lowest BCUT2D eigenvalue weighted by Crippen LogP contribution is -2.26.